The van der Waals surface area contributed by atoms with Crippen molar-refractivity contribution in [1.29, 1.82) is 5.26 Å². The molecular formula is C15H19N3S. The van der Waals surface area contributed by atoms with Gasteiger partial charge in [-0.05, 0) is 43.7 Å². The zero-order valence-electron chi connectivity index (χ0n) is 11.2. The molecule has 1 aromatic rings. The number of anilines is 1. The Kier molecular flexibility index (Phi) is 3.67. The molecule has 100 valence electrons. The highest BCUT2D eigenvalue weighted by Gasteiger charge is 2.35. The molecule has 1 N–H and O–H groups in total. The van der Waals surface area contributed by atoms with Crippen LogP contribution in [0.5, 0.6) is 0 Å². The average molecular weight is 273 g/mol. The maximum atomic E-state index is 9.44. The second kappa shape index (κ2) is 5.44. The fraction of sp³-hybridized carbons (Fsp3) is 0.533. The van der Waals surface area contributed by atoms with E-state index in [-0.39, 0.29) is 0 Å². The molecule has 0 spiro atoms. The molecule has 0 bridgehead atoms. The summed E-state index contributed by atoms with van der Waals surface area (Å²) in [4.78, 5) is 3.48. The summed E-state index contributed by atoms with van der Waals surface area (Å²) >= 11 is 1.65. The number of nitriles is 1. The van der Waals surface area contributed by atoms with E-state index in [0.29, 0.717) is 6.04 Å². The Hall–Kier alpha value is -1.18. The minimum Gasteiger partial charge on any atom is -0.369 e. The first-order chi connectivity index (χ1) is 9.33. The molecule has 0 radical (unpaired) electrons. The third-order valence-electron chi connectivity index (χ3n) is 4.28. The van der Waals surface area contributed by atoms with Crippen LogP contribution in [0.3, 0.4) is 0 Å². The quantitative estimate of drug-likeness (QED) is 0.840. The van der Waals surface area contributed by atoms with Gasteiger partial charge in [-0.15, -0.1) is 11.8 Å². The average Bonchev–Trinajstić information content (AvgIpc) is 2.89. The Bertz CT molecular complexity index is 495. The number of nitrogens with zero attached hydrogens (tertiary/aromatic N) is 2. The third kappa shape index (κ3) is 2.33. The van der Waals surface area contributed by atoms with Crippen LogP contribution in [0.2, 0.25) is 0 Å². The van der Waals surface area contributed by atoms with Gasteiger partial charge in [-0.2, -0.15) is 5.26 Å². The molecule has 0 amide bonds. The van der Waals surface area contributed by atoms with Crippen LogP contribution in [-0.4, -0.2) is 31.9 Å². The first kappa shape index (κ1) is 12.8. The lowest BCUT2D eigenvalue weighted by atomic mass is 9.94. The number of benzene rings is 1. The molecule has 0 aromatic heterocycles. The topological polar surface area (TPSA) is 39.1 Å². The molecule has 2 heterocycles. The van der Waals surface area contributed by atoms with E-state index in [2.05, 4.69) is 28.4 Å². The molecule has 4 heteroatoms. The van der Waals surface area contributed by atoms with Gasteiger partial charge in [-0.25, -0.2) is 0 Å². The number of nitrogens with one attached hydrogen (secondary N) is 1. The molecule has 3 rings (SSSR count). The number of piperidine rings is 1. The third-order valence-corrected chi connectivity index (χ3v) is 5.06. The van der Waals surface area contributed by atoms with E-state index in [9.17, 15) is 5.26 Å². The summed E-state index contributed by atoms with van der Waals surface area (Å²) in [5, 5.41) is 13.1. The van der Waals surface area contributed by atoms with Gasteiger partial charge in [0.1, 0.15) is 6.07 Å². The van der Waals surface area contributed by atoms with Crippen molar-refractivity contribution in [3.05, 3.63) is 23.8 Å². The maximum Gasteiger partial charge on any atom is 0.103 e. The van der Waals surface area contributed by atoms with Crippen LogP contribution in [0.25, 0.3) is 0 Å². The van der Waals surface area contributed by atoms with Gasteiger partial charge in [0.2, 0.25) is 0 Å². The van der Waals surface area contributed by atoms with Crippen molar-refractivity contribution >= 4 is 17.4 Å². The molecule has 1 aromatic carbocycles. The van der Waals surface area contributed by atoms with Crippen LogP contribution in [0.4, 0.5) is 5.69 Å². The summed E-state index contributed by atoms with van der Waals surface area (Å²) in [5.74, 6) is 0.748. The Morgan fingerprint density at radius 2 is 2.32 bits per heavy atom. The Morgan fingerprint density at radius 1 is 1.42 bits per heavy atom. The van der Waals surface area contributed by atoms with Crippen LogP contribution in [0.1, 0.15) is 18.4 Å². The summed E-state index contributed by atoms with van der Waals surface area (Å²) in [5.41, 5.74) is 1.96. The molecular weight excluding hydrogens is 254 g/mol. The zero-order chi connectivity index (χ0) is 13.2. The minimum atomic E-state index is 0.609. The van der Waals surface area contributed by atoms with E-state index in [1.807, 2.05) is 12.3 Å². The number of rotatable bonds is 2. The van der Waals surface area contributed by atoms with Crippen LogP contribution in [0.15, 0.2) is 23.1 Å². The molecule has 0 saturated carbocycles. The van der Waals surface area contributed by atoms with Gasteiger partial charge in [0, 0.05) is 24.0 Å². The Balaban J connectivity index is 1.89. The molecule has 2 saturated heterocycles. The number of hydrogen-bond donors (Lipinski definition) is 1. The van der Waals surface area contributed by atoms with E-state index in [1.165, 1.54) is 12.8 Å². The van der Waals surface area contributed by atoms with Crippen LogP contribution in [0, 0.1) is 17.2 Å². The summed E-state index contributed by atoms with van der Waals surface area (Å²) in [6.45, 7) is 3.27. The highest BCUT2D eigenvalue weighted by atomic mass is 32.2. The predicted molar refractivity (Wildman–Crippen MR) is 79.7 cm³/mol. The Morgan fingerprint density at radius 3 is 3.05 bits per heavy atom. The van der Waals surface area contributed by atoms with Crippen LogP contribution in [-0.2, 0) is 0 Å². The van der Waals surface area contributed by atoms with Gasteiger partial charge in [0.25, 0.3) is 0 Å². The second-order valence-electron chi connectivity index (χ2n) is 5.33. The zero-order valence-corrected chi connectivity index (χ0v) is 12.0. The first-order valence-corrected chi connectivity index (χ1v) is 8.11. The molecule has 3 nitrogen and oxygen atoms in total. The van der Waals surface area contributed by atoms with Crippen molar-refractivity contribution in [2.45, 2.75) is 23.8 Å². The van der Waals surface area contributed by atoms with Gasteiger partial charge in [0.15, 0.2) is 0 Å². The normalized spacial score (nSPS) is 26.0. The lowest BCUT2D eigenvalue weighted by Gasteiger charge is -2.24. The highest BCUT2D eigenvalue weighted by Crippen LogP contribution is 2.34. The van der Waals surface area contributed by atoms with E-state index in [4.69, 9.17) is 0 Å². The maximum absolute atomic E-state index is 9.44. The van der Waals surface area contributed by atoms with Gasteiger partial charge in [-0.1, -0.05) is 6.07 Å². The van der Waals surface area contributed by atoms with Crippen molar-refractivity contribution < 1.29 is 0 Å². The molecule has 2 fully saturated rings. The van der Waals surface area contributed by atoms with Crippen molar-refractivity contribution in [2.24, 2.45) is 5.92 Å². The fourth-order valence-electron chi connectivity index (χ4n) is 3.31. The highest BCUT2D eigenvalue weighted by molar-refractivity contribution is 7.98. The predicted octanol–water partition coefficient (Wildman–Crippen LogP) is 2.47. The molecule has 0 unspecified atom stereocenters. The number of hydrogen-bond acceptors (Lipinski definition) is 4. The Labute approximate surface area is 119 Å². The second-order valence-corrected chi connectivity index (χ2v) is 6.18. The van der Waals surface area contributed by atoms with Crippen molar-refractivity contribution in [3.8, 4) is 6.07 Å². The summed E-state index contributed by atoms with van der Waals surface area (Å²) < 4.78 is 0. The SMILES string of the molecule is CSc1cccc(N2C[C@@H]3CCCN[C@@H]3C2)c1C#N. The van der Waals surface area contributed by atoms with E-state index < -0.39 is 0 Å². The molecule has 2 atom stereocenters. The minimum absolute atomic E-state index is 0.609. The smallest absolute Gasteiger partial charge is 0.103 e. The molecule has 2 aliphatic rings. The van der Waals surface area contributed by atoms with Gasteiger partial charge < -0.3 is 10.2 Å². The summed E-state index contributed by atoms with van der Waals surface area (Å²) in [7, 11) is 0. The van der Waals surface area contributed by atoms with Crippen molar-refractivity contribution in [1.82, 2.24) is 5.32 Å². The van der Waals surface area contributed by atoms with Crippen molar-refractivity contribution in [3.63, 3.8) is 0 Å². The van der Waals surface area contributed by atoms with Crippen LogP contribution >= 0.6 is 11.8 Å². The monoisotopic (exact) mass is 273 g/mol. The van der Waals surface area contributed by atoms with Gasteiger partial charge in [-0.3, -0.25) is 0 Å². The van der Waals surface area contributed by atoms with Gasteiger partial charge in [0.05, 0.1) is 11.3 Å². The standard InChI is InChI=1S/C15H19N3S/c1-19-15-6-2-5-14(12(15)8-16)18-9-11-4-3-7-17-13(11)10-18/h2,5-6,11,13,17H,3-4,7,9-10H2,1H3/t11-,13+/m0/s1. The van der Waals surface area contributed by atoms with Crippen molar-refractivity contribution in [2.75, 3.05) is 30.8 Å². The number of fused-ring (bicyclic) bond motifs is 1. The van der Waals surface area contributed by atoms with E-state index in [0.717, 1.165) is 41.7 Å². The summed E-state index contributed by atoms with van der Waals surface area (Å²) in [6.07, 6.45) is 4.63. The molecule has 0 aliphatic carbocycles. The van der Waals surface area contributed by atoms with Crippen LogP contribution < -0.4 is 10.2 Å². The summed E-state index contributed by atoms with van der Waals surface area (Å²) in [6, 6.07) is 9.20. The molecule has 19 heavy (non-hydrogen) atoms. The van der Waals surface area contributed by atoms with Gasteiger partial charge >= 0.3 is 0 Å². The van der Waals surface area contributed by atoms with E-state index in [1.54, 1.807) is 11.8 Å². The lowest BCUT2D eigenvalue weighted by Crippen LogP contribution is -2.40. The lowest BCUT2D eigenvalue weighted by molar-refractivity contribution is 0.340. The molecule has 2 aliphatic heterocycles. The largest absolute Gasteiger partial charge is 0.369 e. The number of thioether (sulfide) groups is 1. The fourth-order valence-corrected chi connectivity index (χ4v) is 3.88. The van der Waals surface area contributed by atoms with E-state index >= 15 is 0 Å². The first-order valence-electron chi connectivity index (χ1n) is 6.89.